The van der Waals surface area contributed by atoms with E-state index in [0.29, 0.717) is 25.6 Å². The minimum Gasteiger partial charge on any atom is -0.351 e. The van der Waals surface area contributed by atoms with Gasteiger partial charge in [0.1, 0.15) is 5.82 Å². The normalized spacial score (nSPS) is 23.1. The zero-order valence-corrected chi connectivity index (χ0v) is 8.81. The summed E-state index contributed by atoms with van der Waals surface area (Å²) >= 11 is 0. The maximum atomic E-state index is 11.2. The van der Waals surface area contributed by atoms with Crippen molar-refractivity contribution in [2.24, 2.45) is 0 Å². The van der Waals surface area contributed by atoms with Crippen molar-refractivity contribution < 1.29 is 9.47 Å². The van der Waals surface area contributed by atoms with Gasteiger partial charge in [-0.15, -0.1) is 0 Å². The largest absolute Gasteiger partial charge is 0.351 e. The highest BCUT2D eigenvalue weighted by Crippen LogP contribution is 2.31. The van der Waals surface area contributed by atoms with Gasteiger partial charge >= 0.3 is 0 Å². The minimum absolute atomic E-state index is 0.140. The van der Waals surface area contributed by atoms with Crippen molar-refractivity contribution in [2.75, 3.05) is 31.2 Å². The summed E-state index contributed by atoms with van der Waals surface area (Å²) in [6, 6.07) is 1.49. The lowest BCUT2D eigenvalue weighted by atomic mass is 10.2. The van der Waals surface area contributed by atoms with Crippen LogP contribution < -0.4 is 10.5 Å². The zero-order valence-electron chi connectivity index (χ0n) is 8.81. The van der Waals surface area contributed by atoms with Crippen LogP contribution in [-0.2, 0) is 9.47 Å². The standard InChI is InChI=1S/C10H13N3O3/c14-9-5-8(11-7-12-9)13-2-1-10(6-13)15-3-4-16-10/h5,7H,1-4,6H2,(H,11,12,14). The average molecular weight is 223 g/mol. The maximum absolute atomic E-state index is 11.2. The fourth-order valence-corrected chi connectivity index (χ4v) is 2.21. The monoisotopic (exact) mass is 223 g/mol. The first-order valence-electron chi connectivity index (χ1n) is 5.35. The van der Waals surface area contributed by atoms with Gasteiger partial charge < -0.3 is 19.4 Å². The molecular formula is C10H13N3O3. The van der Waals surface area contributed by atoms with Crippen molar-refractivity contribution in [1.82, 2.24) is 9.97 Å². The highest BCUT2D eigenvalue weighted by atomic mass is 16.7. The molecule has 2 saturated heterocycles. The number of rotatable bonds is 1. The quantitative estimate of drug-likeness (QED) is 0.709. The Hall–Kier alpha value is -1.40. The molecule has 1 spiro atoms. The Kier molecular flexibility index (Phi) is 2.19. The molecule has 2 aliphatic heterocycles. The summed E-state index contributed by atoms with van der Waals surface area (Å²) in [4.78, 5) is 19.8. The molecule has 0 atom stereocenters. The van der Waals surface area contributed by atoms with Gasteiger partial charge in [-0.05, 0) is 0 Å². The number of ether oxygens (including phenoxy) is 2. The van der Waals surface area contributed by atoms with Gasteiger partial charge in [-0.3, -0.25) is 4.79 Å². The lowest BCUT2D eigenvalue weighted by molar-refractivity contribution is -0.137. The van der Waals surface area contributed by atoms with Crippen molar-refractivity contribution in [2.45, 2.75) is 12.2 Å². The molecule has 1 aromatic heterocycles. The molecule has 16 heavy (non-hydrogen) atoms. The number of hydrogen-bond donors (Lipinski definition) is 1. The Balaban J connectivity index is 1.81. The van der Waals surface area contributed by atoms with E-state index in [2.05, 4.69) is 9.97 Å². The molecule has 0 aromatic carbocycles. The smallest absolute Gasteiger partial charge is 0.252 e. The summed E-state index contributed by atoms with van der Waals surface area (Å²) in [5.41, 5.74) is -0.140. The molecule has 86 valence electrons. The third-order valence-corrected chi connectivity index (χ3v) is 3.00. The molecule has 0 radical (unpaired) electrons. The first kappa shape index (κ1) is 9.80. The summed E-state index contributed by atoms with van der Waals surface area (Å²) < 4.78 is 11.2. The molecule has 6 heteroatoms. The van der Waals surface area contributed by atoms with Gasteiger partial charge in [-0.2, -0.15) is 0 Å². The molecule has 0 saturated carbocycles. The predicted octanol–water partition coefficient (Wildman–Crippen LogP) is -0.277. The van der Waals surface area contributed by atoms with E-state index in [9.17, 15) is 4.79 Å². The van der Waals surface area contributed by atoms with Crippen LogP contribution in [0.4, 0.5) is 5.82 Å². The Morgan fingerprint density at radius 3 is 3.00 bits per heavy atom. The molecule has 6 nitrogen and oxygen atoms in total. The number of nitrogens with zero attached hydrogens (tertiary/aromatic N) is 2. The molecule has 0 bridgehead atoms. The van der Waals surface area contributed by atoms with Crippen LogP contribution in [0, 0.1) is 0 Å². The Bertz CT molecular complexity index is 439. The van der Waals surface area contributed by atoms with Crippen LogP contribution in [0.2, 0.25) is 0 Å². The Morgan fingerprint density at radius 1 is 1.44 bits per heavy atom. The van der Waals surface area contributed by atoms with E-state index < -0.39 is 5.79 Å². The van der Waals surface area contributed by atoms with Crippen molar-refractivity contribution in [1.29, 1.82) is 0 Å². The Morgan fingerprint density at radius 2 is 2.25 bits per heavy atom. The molecule has 3 rings (SSSR count). The summed E-state index contributed by atoms with van der Waals surface area (Å²) in [7, 11) is 0. The number of nitrogens with one attached hydrogen (secondary N) is 1. The van der Waals surface area contributed by atoms with E-state index >= 15 is 0 Å². The SMILES string of the molecule is O=c1cc(N2CCC3(C2)OCCO3)nc[nH]1. The Labute approximate surface area is 92.2 Å². The van der Waals surface area contributed by atoms with Gasteiger partial charge in [0.25, 0.3) is 5.56 Å². The summed E-state index contributed by atoms with van der Waals surface area (Å²) in [6.45, 7) is 2.74. The highest BCUT2D eigenvalue weighted by Gasteiger charge is 2.43. The van der Waals surface area contributed by atoms with Gasteiger partial charge in [0, 0.05) is 19.0 Å². The van der Waals surface area contributed by atoms with Gasteiger partial charge in [0.15, 0.2) is 5.79 Å². The van der Waals surface area contributed by atoms with Crippen molar-refractivity contribution in [3.05, 3.63) is 22.7 Å². The van der Waals surface area contributed by atoms with Crippen molar-refractivity contribution >= 4 is 5.82 Å². The summed E-state index contributed by atoms with van der Waals surface area (Å²) in [5.74, 6) is 0.212. The van der Waals surface area contributed by atoms with Gasteiger partial charge in [0.2, 0.25) is 0 Å². The van der Waals surface area contributed by atoms with Crippen LogP contribution in [0.5, 0.6) is 0 Å². The second-order valence-corrected chi connectivity index (χ2v) is 4.05. The van der Waals surface area contributed by atoms with E-state index in [4.69, 9.17) is 9.47 Å². The molecule has 0 amide bonds. The van der Waals surface area contributed by atoms with E-state index in [0.717, 1.165) is 13.0 Å². The summed E-state index contributed by atoms with van der Waals surface area (Å²) in [6.07, 6.45) is 2.24. The number of hydrogen-bond acceptors (Lipinski definition) is 5. The number of anilines is 1. The summed E-state index contributed by atoms with van der Waals surface area (Å²) in [5, 5.41) is 0. The van der Waals surface area contributed by atoms with Crippen molar-refractivity contribution in [3.63, 3.8) is 0 Å². The molecule has 2 fully saturated rings. The first-order chi connectivity index (χ1) is 7.77. The number of aromatic nitrogens is 2. The lowest BCUT2D eigenvalue weighted by Crippen LogP contribution is -2.34. The number of aromatic amines is 1. The van der Waals surface area contributed by atoms with Gasteiger partial charge in [-0.1, -0.05) is 0 Å². The molecule has 0 aliphatic carbocycles. The number of H-pyrrole nitrogens is 1. The van der Waals surface area contributed by atoms with Gasteiger partial charge in [-0.25, -0.2) is 4.98 Å². The predicted molar refractivity (Wildman–Crippen MR) is 56.3 cm³/mol. The second kappa shape index (κ2) is 3.57. The van der Waals surface area contributed by atoms with E-state index in [1.165, 1.54) is 12.4 Å². The highest BCUT2D eigenvalue weighted by molar-refractivity contribution is 5.38. The molecular weight excluding hydrogens is 210 g/mol. The lowest BCUT2D eigenvalue weighted by Gasteiger charge is -2.22. The first-order valence-corrected chi connectivity index (χ1v) is 5.35. The fraction of sp³-hybridized carbons (Fsp3) is 0.600. The molecule has 2 aliphatic rings. The fourth-order valence-electron chi connectivity index (χ4n) is 2.21. The van der Waals surface area contributed by atoms with Crippen LogP contribution in [0.25, 0.3) is 0 Å². The second-order valence-electron chi connectivity index (χ2n) is 4.05. The molecule has 1 N–H and O–H groups in total. The maximum Gasteiger partial charge on any atom is 0.252 e. The average Bonchev–Trinajstić information content (AvgIpc) is 2.90. The molecule has 1 aromatic rings. The molecule has 0 unspecified atom stereocenters. The topological polar surface area (TPSA) is 67.5 Å². The van der Waals surface area contributed by atoms with Gasteiger partial charge in [0.05, 0.1) is 26.1 Å². The van der Waals surface area contributed by atoms with E-state index in [1.807, 2.05) is 4.90 Å². The third-order valence-electron chi connectivity index (χ3n) is 3.00. The van der Waals surface area contributed by atoms with Crippen LogP contribution >= 0.6 is 0 Å². The van der Waals surface area contributed by atoms with Crippen LogP contribution in [-0.4, -0.2) is 42.1 Å². The third kappa shape index (κ3) is 1.60. The van der Waals surface area contributed by atoms with E-state index in [1.54, 1.807) is 0 Å². The zero-order chi connectivity index (χ0) is 11.0. The van der Waals surface area contributed by atoms with Crippen molar-refractivity contribution in [3.8, 4) is 0 Å². The van der Waals surface area contributed by atoms with Crippen LogP contribution in [0.3, 0.4) is 0 Å². The molecule has 3 heterocycles. The van der Waals surface area contributed by atoms with Crippen LogP contribution in [0.1, 0.15) is 6.42 Å². The van der Waals surface area contributed by atoms with Crippen LogP contribution in [0.15, 0.2) is 17.2 Å². The van der Waals surface area contributed by atoms with E-state index in [-0.39, 0.29) is 5.56 Å². The minimum atomic E-state index is -0.468.